The van der Waals surface area contributed by atoms with Crippen LogP contribution in [0.1, 0.15) is 19.8 Å². The molecule has 0 radical (unpaired) electrons. The van der Waals surface area contributed by atoms with Crippen molar-refractivity contribution in [1.29, 1.82) is 0 Å². The van der Waals surface area contributed by atoms with Gasteiger partial charge < -0.3 is 15.3 Å². The Bertz CT molecular complexity index is 218. The van der Waals surface area contributed by atoms with Crippen LogP contribution < -0.4 is 5.32 Å². The van der Waals surface area contributed by atoms with Gasteiger partial charge in [0.05, 0.1) is 0 Å². The van der Waals surface area contributed by atoms with Crippen molar-refractivity contribution < 1.29 is 9.90 Å². The Kier molecular flexibility index (Phi) is 5.63. The zero-order chi connectivity index (χ0) is 11.3. The monoisotopic (exact) mass is 294 g/mol. The maximum Gasteiger partial charge on any atom is 0.317 e. The topological polar surface area (TPSA) is 52.6 Å². The fourth-order valence-electron chi connectivity index (χ4n) is 1.84. The molecule has 2 atom stereocenters. The Morgan fingerprint density at radius 3 is 2.93 bits per heavy atom. The molecule has 0 aromatic rings. The average Bonchev–Trinajstić information content (AvgIpc) is 2.65. The predicted molar refractivity (Wildman–Crippen MR) is 66.8 cm³/mol. The number of aliphatic hydroxyl groups is 1. The maximum absolute atomic E-state index is 11.3. The Morgan fingerprint density at radius 2 is 2.47 bits per heavy atom. The molecule has 1 saturated heterocycles. The zero-order valence-corrected chi connectivity index (χ0v) is 11.8. The molecule has 2 N–H and O–H groups in total. The summed E-state index contributed by atoms with van der Waals surface area (Å²) in [5, 5.41) is 11.9. The third kappa shape index (κ3) is 3.77. The summed E-state index contributed by atoms with van der Waals surface area (Å²) in [5.41, 5.74) is 0.573. The van der Waals surface area contributed by atoms with E-state index < -0.39 is 7.42 Å². The molecule has 1 aliphatic rings. The van der Waals surface area contributed by atoms with Crippen LogP contribution in [-0.2, 0) is 0 Å². The van der Waals surface area contributed by atoms with Gasteiger partial charge in [-0.2, -0.15) is 0 Å². The zero-order valence-electron chi connectivity index (χ0n) is 9.08. The fraction of sp³-hybridized carbons (Fsp3) is 0.889. The minimum atomic E-state index is -1.17. The van der Waals surface area contributed by atoms with Crippen molar-refractivity contribution in [3.05, 3.63) is 0 Å². The summed E-state index contributed by atoms with van der Waals surface area (Å²) in [7, 11) is -1.17. The molecule has 0 aromatic heterocycles. The van der Waals surface area contributed by atoms with Crippen LogP contribution in [0.25, 0.3) is 0 Å². The number of halogens is 1. The van der Waals surface area contributed by atoms with E-state index >= 15 is 0 Å². The van der Waals surface area contributed by atoms with Crippen LogP contribution in [0.15, 0.2) is 0 Å². The van der Waals surface area contributed by atoms with Gasteiger partial charge in [0.1, 0.15) is 7.42 Å². The lowest BCUT2D eigenvalue weighted by molar-refractivity contribution is 0.216. The number of hydrogen-bond donors (Lipinski definition) is 2. The quantitative estimate of drug-likeness (QED) is 0.563. The first kappa shape index (κ1) is 13.0. The van der Waals surface area contributed by atoms with Crippen molar-refractivity contribution in [2.75, 3.05) is 25.9 Å². The number of carbonyl (C=O) groups excluding carboxylic acids is 1. The van der Waals surface area contributed by atoms with Crippen LogP contribution in [0.2, 0.25) is 5.54 Å². The van der Waals surface area contributed by atoms with E-state index in [0.717, 1.165) is 32.5 Å². The largest absolute Gasteiger partial charge is 0.399 e. The van der Waals surface area contributed by atoms with E-state index in [1.807, 2.05) is 4.90 Å². The number of rotatable bonds is 6. The van der Waals surface area contributed by atoms with Gasteiger partial charge in [0.25, 0.3) is 0 Å². The van der Waals surface area contributed by atoms with Crippen LogP contribution in [0, 0.1) is 0 Å². The minimum absolute atomic E-state index is 0.0571. The van der Waals surface area contributed by atoms with E-state index in [1.54, 1.807) is 0 Å². The van der Waals surface area contributed by atoms with Crippen LogP contribution in [-0.4, -0.2) is 49.3 Å². The number of carbonyl (C=O) groups is 1. The van der Waals surface area contributed by atoms with Gasteiger partial charge in [-0.25, -0.2) is 4.79 Å². The van der Waals surface area contributed by atoms with E-state index in [2.05, 4.69) is 27.5 Å². The number of amides is 2. The lowest BCUT2D eigenvalue weighted by atomic mass is 10.2. The van der Waals surface area contributed by atoms with Gasteiger partial charge in [-0.15, -0.1) is 15.3 Å². The molecule has 0 aliphatic carbocycles. The summed E-state index contributed by atoms with van der Waals surface area (Å²) in [6.45, 7) is 4.55. The summed E-state index contributed by atoms with van der Waals surface area (Å²) >= 11 is 3.60. The molecular formula is C9H19BrN2O2Si. The van der Waals surface area contributed by atoms with E-state index in [1.165, 1.54) is 0 Å². The van der Waals surface area contributed by atoms with E-state index in [4.69, 9.17) is 5.11 Å². The second-order valence-electron chi connectivity index (χ2n) is 3.87. The summed E-state index contributed by atoms with van der Waals surface area (Å²) in [6.07, 6.45) is 2.38. The van der Waals surface area contributed by atoms with Gasteiger partial charge in [0, 0.05) is 25.9 Å². The standard InChI is InChI=1S/C9H19BrN2O2Si/c1-2-8(15(10)7-13)3-5-12-6-4-11-9(12)14/h8,13,15H,2-7H2,1H3,(H,11,14). The maximum atomic E-state index is 11.3. The molecule has 1 heterocycles. The first-order valence-corrected chi connectivity index (χ1v) is 10.1. The second kappa shape index (κ2) is 6.50. The van der Waals surface area contributed by atoms with Crippen molar-refractivity contribution in [2.45, 2.75) is 25.3 Å². The molecule has 0 aromatic carbocycles. The van der Waals surface area contributed by atoms with Crippen LogP contribution in [0.4, 0.5) is 4.79 Å². The summed E-state index contributed by atoms with van der Waals surface area (Å²) in [6, 6.07) is 0.0571. The Hall–Kier alpha value is -0.0731. The summed E-state index contributed by atoms with van der Waals surface area (Å²) < 4.78 is 0. The van der Waals surface area contributed by atoms with Crippen LogP contribution in [0.3, 0.4) is 0 Å². The normalized spacial score (nSPS) is 20.2. The first-order chi connectivity index (χ1) is 7.19. The van der Waals surface area contributed by atoms with Gasteiger partial charge in [0.15, 0.2) is 0 Å². The van der Waals surface area contributed by atoms with Gasteiger partial charge in [-0.05, 0) is 12.0 Å². The van der Waals surface area contributed by atoms with Crippen molar-refractivity contribution >= 4 is 28.7 Å². The predicted octanol–water partition coefficient (Wildman–Crippen LogP) is 0.832. The van der Waals surface area contributed by atoms with E-state index in [9.17, 15) is 4.79 Å². The highest BCUT2D eigenvalue weighted by Gasteiger charge is 2.23. The molecule has 1 rings (SSSR count). The van der Waals surface area contributed by atoms with Gasteiger partial charge >= 0.3 is 6.03 Å². The number of nitrogens with one attached hydrogen (secondary N) is 1. The molecule has 0 bridgehead atoms. The molecule has 1 aliphatic heterocycles. The van der Waals surface area contributed by atoms with Gasteiger partial charge in [-0.1, -0.05) is 13.3 Å². The van der Waals surface area contributed by atoms with Crippen molar-refractivity contribution in [3.8, 4) is 0 Å². The first-order valence-electron chi connectivity index (χ1n) is 5.46. The molecule has 0 spiro atoms. The highest BCUT2D eigenvalue weighted by atomic mass is 79.9. The molecule has 2 unspecified atom stereocenters. The number of aliphatic hydroxyl groups excluding tert-OH is 1. The Morgan fingerprint density at radius 1 is 1.73 bits per heavy atom. The molecule has 4 nitrogen and oxygen atoms in total. The average molecular weight is 295 g/mol. The molecule has 1 fully saturated rings. The lowest BCUT2D eigenvalue weighted by Crippen LogP contribution is -2.31. The highest BCUT2D eigenvalue weighted by Crippen LogP contribution is 2.23. The molecule has 6 heteroatoms. The number of nitrogens with zero attached hydrogens (tertiary/aromatic N) is 1. The van der Waals surface area contributed by atoms with Gasteiger partial charge in [0.2, 0.25) is 0 Å². The van der Waals surface area contributed by atoms with Crippen molar-refractivity contribution in [3.63, 3.8) is 0 Å². The number of urea groups is 1. The van der Waals surface area contributed by atoms with Crippen LogP contribution in [0.5, 0.6) is 0 Å². The molecule has 2 amide bonds. The molecule has 15 heavy (non-hydrogen) atoms. The fourth-order valence-corrected chi connectivity index (χ4v) is 5.07. The second-order valence-corrected chi connectivity index (χ2v) is 9.74. The third-order valence-electron chi connectivity index (χ3n) is 2.93. The van der Waals surface area contributed by atoms with Crippen LogP contribution >= 0.6 is 15.3 Å². The lowest BCUT2D eigenvalue weighted by Gasteiger charge is -2.21. The van der Waals surface area contributed by atoms with Crippen molar-refractivity contribution in [2.24, 2.45) is 0 Å². The summed E-state index contributed by atoms with van der Waals surface area (Å²) in [4.78, 5) is 13.1. The Balaban J connectivity index is 2.30. The molecule has 0 saturated carbocycles. The van der Waals surface area contributed by atoms with Crippen molar-refractivity contribution in [1.82, 2.24) is 10.2 Å². The highest BCUT2D eigenvalue weighted by molar-refractivity contribution is 9.24. The Labute approximate surface area is 100 Å². The van der Waals surface area contributed by atoms with E-state index in [-0.39, 0.29) is 6.03 Å². The smallest absolute Gasteiger partial charge is 0.317 e. The summed E-state index contributed by atoms with van der Waals surface area (Å²) in [5.74, 6) is 0. The van der Waals surface area contributed by atoms with E-state index in [0.29, 0.717) is 11.8 Å². The molecule has 88 valence electrons. The van der Waals surface area contributed by atoms with Gasteiger partial charge in [-0.3, -0.25) is 0 Å². The molecular weight excluding hydrogens is 276 g/mol. The number of hydrogen-bond acceptors (Lipinski definition) is 2. The minimum Gasteiger partial charge on any atom is -0.399 e. The SMILES string of the molecule is CCC(CCN1CCNC1=O)[SiH](Br)CO. The third-order valence-corrected chi connectivity index (χ3v) is 8.21.